The smallest absolute Gasteiger partial charge is 0.00545 e. The van der Waals surface area contributed by atoms with Crippen molar-refractivity contribution in [3.63, 3.8) is 0 Å². The first-order valence-electron chi connectivity index (χ1n) is 10.9. The molecule has 0 heterocycles. The predicted molar refractivity (Wildman–Crippen MR) is 122 cm³/mol. The summed E-state index contributed by atoms with van der Waals surface area (Å²) in [4.78, 5) is 0. The molecule has 4 atom stereocenters. The summed E-state index contributed by atoms with van der Waals surface area (Å²) in [6.07, 6.45) is 7.13. The van der Waals surface area contributed by atoms with Gasteiger partial charge in [-0.2, -0.15) is 0 Å². The zero-order valence-electron chi connectivity index (χ0n) is 16.5. The lowest BCUT2D eigenvalue weighted by Crippen LogP contribution is -2.26. The van der Waals surface area contributed by atoms with Crippen LogP contribution >= 0.6 is 7.92 Å². The number of benzene rings is 3. The molecule has 3 aromatic carbocycles. The SMILES string of the molecule is c1ccc(C2[C@H]3CCCCC3C[C@H]2P(c2ccccc2)c2ccccc2)cc1. The predicted octanol–water partition coefficient (Wildman–Crippen LogP) is 6.48. The van der Waals surface area contributed by atoms with Crippen molar-refractivity contribution in [2.24, 2.45) is 11.8 Å². The average Bonchev–Trinajstić information content (AvgIpc) is 3.15. The summed E-state index contributed by atoms with van der Waals surface area (Å²) in [5.74, 6) is 2.50. The molecule has 5 rings (SSSR count). The molecule has 0 saturated heterocycles. The number of rotatable bonds is 4. The molecule has 2 aliphatic rings. The highest BCUT2D eigenvalue weighted by Crippen LogP contribution is 2.60. The lowest BCUT2D eigenvalue weighted by Gasteiger charge is -2.34. The minimum atomic E-state index is -0.352. The molecule has 0 spiro atoms. The third-order valence-corrected chi connectivity index (χ3v) is 9.88. The van der Waals surface area contributed by atoms with E-state index in [0.717, 1.165) is 17.5 Å². The van der Waals surface area contributed by atoms with Crippen LogP contribution in [0, 0.1) is 11.8 Å². The molecule has 0 radical (unpaired) electrons. The molecule has 2 saturated carbocycles. The zero-order chi connectivity index (χ0) is 18.8. The Bertz CT molecular complexity index is 834. The summed E-state index contributed by atoms with van der Waals surface area (Å²) >= 11 is 0. The molecule has 0 N–H and O–H groups in total. The van der Waals surface area contributed by atoms with Gasteiger partial charge in [-0.3, -0.25) is 0 Å². The van der Waals surface area contributed by atoms with Gasteiger partial charge in [0.15, 0.2) is 0 Å². The molecule has 3 aromatic rings. The van der Waals surface area contributed by atoms with Crippen molar-refractivity contribution in [2.75, 3.05) is 0 Å². The van der Waals surface area contributed by atoms with Crippen molar-refractivity contribution in [2.45, 2.75) is 43.7 Å². The van der Waals surface area contributed by atoms with Crippen molar-refractivity contribution in [3.05, 3.63) is 96.6 Å². The van der Waals surface area contributed by atoms with Crippen LogP contribution in [-0.4, -0.2) is 5.66 Å². The first-order valence-corrected chi connectivity index (χ1v) is 12.3. The standard InChI is InChI=1S/C27H29P/c1-4-12-21(13-5-1)27-25-19-11-10-14-22(25)20-26(27)28(23-15-6-2-7-16-23)24-17-8-3-9-18-24/h1-9,12-13,15-18,22,25-27H,10-11,14,19-20H2/t22?,25-,26+,27?/m0/s1. The highest BCUT2D eigenvalue weighted by atomic mass is 31.1. The molecule has 2 unspecified atom stereocenters. The Labute approximate surface area is 170 Å². The van der Waals surface area contributed by atoms with Crippen molar-refractivity contribution in [3.8, 4) is 0 Å². The van der Waals surface area contributed by atoms with E-state index in [9.17, 15) is 0 Å². The van der Waals surface area contributed by atoms with Gasteiger partial charge in [0.2, 0.25) is 0 Å². The van der Waals surface area contributed by atoms with Gasteiger partial charge < -0.3 is 0 Å². The van der Waals surface area contributed by atoms with E-state index in [1.165, 1.54) is 32.1 Å². The van der Waals surface area contributed by atoms with Gasteiger partial charge in [-0.15, -0.1) is 0 Å². The van der Waals surface area contributed by atoms with Crippen molar-refractivity contribution in [1.82, 2.24) is 0 Å². The maximum absolute atomic E-state index is 2.40. The summed E-state index contributed by atoms with van der Waals surface area (Å²) < 4.78 is 0. The highest BCUT2D eigenvalue weighted by molar-refractivity contribution is 7.73. The summed E-state index contributed by atoms with van der Waals surface area (Å²) in [5.41, 5.74) is 2.33. The fourth-order valence-electron chi connectivity index (χ4n) is 5.86. The fourth-order valence-corrected chi connectivity index (χ4v) is 9.11. The van der Waals surface area contributed by atoms with Crippen LogP contribution in [0.15, 0.2) is 91.0 Å². The molecule has 1 heteroatoms. The van der Waals surface area contributed by atoms with Gasteiger partial charge in [0, 0.05) is 0 Å². The Kier molecular flexibility index (Phi) is 5.32. The Balaban J connectivity index is 1.62. The van der Waals surface area contributed by atoms with E-state index in [4.69, 9.17) is 0 Å². The van der Waals surface area contributed by atoms with Crippen LogP contribution in [0.2, 0.25) is 0 Å². The minimum absolute atomic E-state index is 0.352. The van der Waals surface area contributed by atoms with Crippen molar-refractivity contribution in [1.29, 1.82) is 0 Å². The van der Waals surface area contributed by atoms with Gasteiger partial charge >= 0.3 is 0 Å². The first kappa shape index (κ1) is 18.1. The maximum Gasteiger partial charge on any atom is -0.00545 e. The van der Waals surface area contributed by atoms with Gasteiger partial charge in [0.25, 0.3) is 0 Å². The van der Waals surface area contributed by atoms with Crippen LogP contribution in [0.3, 0.4) is 0 Å². The summed E-state index contributed by atoms with van der Waals surface area (Å²) in [6, 6.07) is 34.2. The second-order valence-corrected chi connectivity index (χ2v) is 10.9. The van der Waals surface area contributed by atoms with Crippen LogP contribution < -0.4 is 10.6 Å². The average molecular weight is 385 g/mol. The van der Waals surface area contributed by atoms with E-state index >= 15 is 0 Å². The molecule has 0 nitrogen and oxygen atoms in total. The molecule has 28 heavy (non-hydrogen) atoms. The second-order valence-electron chi connectivity index (χ2n) is 8.49. The molecule has 2 aliphatic carbocycles. The maximum atomic E-state index is 2.40. The van der Waals surface area contributed by atoms with E-state index in [1.807, 2.05) is 0 Å². The lowest BCUT2D eigenvalue weighted by molar-refractivity contribution is 0.260. The van der Waals surface area contributed by atoms with E-state index in [-0.39, 0.29) is 7.92 Å². The normalized spacial score (nSPS) is 26.9. The Morgan fingerprint density at radius 2 is 1.14 bits per heavy atom. The van der Waals surface area contributed by atoms with Gasteiger partial charge in [0.1, 0.15) is 0 Å². The summed E-state index contributed by atoms with van der Waals surface area (Å²) in [6.45, 7) is 0. The van der Waals surface area contributed by atoms with E-state index in [2.05, 4.69) is 91.0 Å². The third-order valence-electron chi connectivity index (χ3n) is 6.97. The zero-order valence-corrected chi connectivity index (χ0v) is 17.3. The second kappa shape index (κ2) is 8.22. The molecule has 142 valence electrons. The molecule has 0 amide bonds. The van der Waals surface area contributed by atoms with Crippen LogP contribution in [-0.2, 0) is 0 Å². The summed E-state index contributed by atoms with van der Waals surface area (Å²) in [5, 5.41) is 3.10. The van der Waals surface area contributed by atoms with Crippen LogP contribution in [0.1, 0.15) is 43.6 Å². The third kappa shape index (κ3) is 3.44. The lowest BCUT2D eigenvalue weighted by atomic mass is 9.76. The number of hydrogen-bond donors (Lipinski definition) is 0. The van der Waals surface area contributed by atoms with Gasteiger partial charge in [-0.25, -0.2) is 0 Å². The Morgan fingerprint density at radius 1 is 0.607 bits per heavy atom. The van der Waals surface area contributed by atoms with Gasteiger partial charge in [0.05, 0.1) is 0 Å². The summed E-state index contributed by atoms with van der Waals surface area (Å²) in [7, 11) is -0.352. The van der Waals surface area contributed by atoms with Crippen LogP contribution in [0.4, 0.5) is 0 Å². The van der Waals surface area contributed by atoms with Crippen LogP contribution in [0.25, 0.3) is 0 Å². The van der Waals surface area contributed by atoms with Crippen molar-refractivity contribution >= 4 is 18.5 Å². The molecular weight excluding hydrogens is 355 g/mol. The molecule has 0 bridgehead atoms. The highest BCUT2D eigenvalue weighted by Gasteiger charge is 2.47. The van der Waals surface area contributed by atoms with E-state index in [1.54, 1.807) is 16.2 Å². The number of hydrogen-bond acceptors (Lipinski definition) is 0. The van der Waals surface area contributed by atoms with E-state index in [0.29, 0.717) is 5.92 Å². The first-order chi connectivity index (χ1) is 13.9. The Morgan fingerprint density at radius 3 is 1.75 bits per heavy atom. The largest absolute Gasteiger partial charge is 0.0622 e. The van der Waals surface area contributed by atoms with Gasteiger partial charge in [-0.05, 0) is 60.3 Å². The quantitative estimate of drug-likeness (QED) is 0.452. The minimum Gasteiger partial charge on any atom is -0.0622 e. The van der Waals surface area contributed by atoms with Crippen LogP contribution in [0.5, 0.6) is 0 Å². The van der Waals surface area contributed by atoms with Crippen molar-refractivity contribution < 1.29 is 0 Å². The molecule has 0 aliphatic heterocycles. The number of fused-ring (bicyclic) bond motifs is 1. The topological polar surface area (TPSA) is 0 Å². The fraction of sp³-hybridized carbons (Fsp3) is 0.333. The molecular formula is C27H29P. The molecule has 0 aromatic heterocycles. The Hall–Kier alpha value is -1.91. The van der Waals surface area contributed by atoms with Gasteiger partial charge in [-0.1, -0.05) is 110 Å². The van der Waals surface area contributed by atoms with E-state index < -0.39 is 0 Å². The molecule has 2 fully saturated rings. The monoisotopic (exact) mass is 384 g/mol.